The highest BCUT2D eigenvalue weighted by atomic mass is 32.2. The molecule has 146 valence electrons. The van der Waals surface area contributed by atoms with Crippen LogP contribution in [0.2, 0.25) is 0 Å². The molecule has 0 aromatic carbocycles. The normalized spacial score (nSPS) is 19.4. The van der Waals surface area contributed by atoms with E-state index < -0.39 is 10.0 Å². The maximum atomic E-state index is 12.6. The molecule has 4 rings (SSSR count). The molecule has 2 aliphatic rings. The van der Waals surface area contributed by atoms with Crippen LogP contribution in [0.4, 0.5) is 11.8 Å². The smallest absolute Gasteiger partial charge is 0.248 e. The molecule has 0 aliphatic carbocycles. The Morgan fingerprint density at radius 3 is 2.37 bits per heavy atom. The molecule has 10 heteroatoms. The molecule has 0 amide bonds. The van der Waals surface area contributed by atoms with Crippen molar-refractivity contribution in [1.29, 1.82) is 0 Å². The Labute approximate surface area is 159 Å². The summed E-state index contributed by atoms with van der Waals surface area (Å²) in [6.45, 7) is 5.93. The van der Waals surface area contributed by atoms with Gasteiger partial charge in [0, 0.05) is 51.0 Å². The highest BCUT2D eigenvalue weighted by Crippen LogP contribution is 2.23. The van der Waals surface area contributed by atoms with Gasteiger partial charge in [0.1, 0.15) is 17.0 Å². The van der Waals surface area contributed by atoms with Gasteiger partial charge in [-0.3, -0.25) is 0 Å². The van der Waals surface area contributed by atoms with Gasteiger partial charge in [-0.25, -0.2) is 13.4 Å². The van der Waals surface area contributed by atoms with Crippen LogP contribution < -0.4 is 9.80 Å². The van der Waals surface area contributed by atoms with Crippen molar-refractivity contribution in [3.8, 4) is 0 Å². The molecule has 2 aromatic heterocycles. The van der Waals surface area contributed by atoms with Crippen molar-refractivity contribution in [3.05, 3.63) is 24.2 Å². The fourth-order valence-corrected chi connectivity index (χ4v) is 4.85. The summed E-state index contributed by atoms with van der Waals surface area (Å²) >= 11 is 0. The predicted octanol–water partition coefficient (Wildman–Crippen LogP) is 1.27. The highest BCUT2D eigenvalue weighted by molar-refractivity contribution is 7.89. The first-order valence-electron chi connectivity index (χ1n) is 9.29. The number of piperidine rings is 1. The van der Waals surface area contributed by atoms with E-state index in [0.717, 1.165) is 30.5 Å². The Kier molecular flexibility index (Phi) is 5.00. The van der Waals surface area contributed by atoms with Gasteiger partial charge < -0.3 is 14.3 Å². The van der Waals surface area contributed by atoms with Crippen molar-refractivity contribution < 1.29 is 12.9 Å². The summed E-state index contributed by atoms with van der Waals surface area (Å²) in [7, 11) is -3.55. The average Bonchev–Trinajstić information content (AvgIpc) is 3.24. The fourth-order valence-electron chi connectivity index (χ4n) is 3.56. The van der Waals surface area contributed by atoms with Gasteiger partial charge in [-0.1, -0.05) is 5.16 Å². The Balaban J connectivity index is 1.47. The summed E-state index contributed by atoms with van der Waals surface area (Å²) in [5.41, 5.74) is 0.931. The monoisotopic (exact) mass is 392 g/mol. The Bertz CT molecular complexity index is 872. The summed E-state index contributed by atoms with van der Waals surface area (Å²) in [5, 5.41) is 3.50. The van der Waals surface area contributed by atoms with Crippen molar-refractivity contribution in [2.75, 3.05) is 49.1 Å². The summed E-state index contributed by atoms with van der Waals surface area (Å²) < 4.78 is 31.3. The number of sulfonamides is 1. The lowest BCUT2D eigenvalue weighted by molar-refractivity contribution is 0.382. The second kappa shape index (κ2) is 7.43. The first kappa shape index (κ1) is 18.2. The van der Waals surface area contributed by atoms with E-state index in [1.165, 1.54) is 36.0 Å². The number of aromatic nitrogens is 3. The second-order valence-electron chi connectivity index (χ2n) is 6.97. The first-order valence-corrected chi connectivity index (χ1v) is 10.7. The van der Waals surface area contributed by atoms with Crippen molar-refractivity contribution in [1.82, 2.24) is 19.4 Å². The van der Waals surface area contributed by atoms with Crippen LogP contribution >= 0.6 is 0 Å². The van der Waals surface area contributed by atoms with Gasteiger partial charge in [0.05, 0.1) is 6.20 Å². The lowest BCUT2D eigenvalue weighted by Gasteiger charge is -2.35. The Morgan fingerprint density at radius 1 is 0.963 bits per heavy atom. The number of nitrogens with zero attached hydrogens (tertiary/aromatic N) is 6. The molecule has 0 saturated carbocycles. The summed E-state index contributed by atoms with van der Waals surface area (Å²) in [5.74, 6) is 1.65. The first-order chi connectivity index (χ1) is 13.0. The minimum absolute atomic E-state index is 0.0983. The van der Waals surface area contributed by atoms with Gasteiger partial charge in [0.25, 0.3) is 0 Å². The molecule has 27 heavy (non-hydrogen) atoms. The van der Waals surface area contributed by atoms with Crippen molar-refractivity contribution in [2.24, 2.45) is 0 Å². The standard InChI is InChI=1S/C17H24N6O3S/c1-14-11-16(20-17(19-14)22-5-3-2-4-6-22)21-7-9-23(10-8-21)27(24,25)15-12-18-26-13-15/h11-13H,2-10H2,1H3. The SMILES string of the molecule is Cc1cc(N2CCN(S(=O)(=O)c3cnoc3)CC2)nc(N2CCCCC2)n1. The van der Waals surface area contributed by atoms with E-state index in [1.807, 2.05) is 13.0 Å². The highest BCUT2D eigenvalue weighted by Gasteiger charge is 2.30. The van der Waals surface area contributed by atoms with Crippen LogP contribution in [-0.4, -0.2) is 67.1 Å². The van der Waals surface area contributed by atoms with Crippen LogP contribution in [-0.2, 0) is 10.0 Å². The molecule has 2 aromatic rings. The van der Waals surface area contributed by atoms with Gasteiger partial charge in [-0.05, 0) is 26.2 Å². The van der Waals surface area contributed by atoms with E-state index in [4.69, 9.17) is 4.98 Å². The quantitative estimate of drug-likeness (QED) is 0.768. The Morgan fingerprint density at radius 2 is 1.70 bits per heavy atom. The molecule has 9 nitrogen and oxygen atoms in total. The minimum Gasteiger partial charge on any atom is -0.363 e. The van der Waals surface area contributed by atoms with E-state index in [-0.39, 0.29) is 4.90 Å². The molecule has 0 atom stereocenters. The lowest BCUT2D eigenvalue weighted by Crippen LogP contribution is -2.49. The third-order valence-corrected chi connectivity index (χ3v) is 6.92. The van der Waals surface area contributed by atoms with Crippen LogP contribution in [0.15, 0.2) is 27.9 Å². The molecule has 4 heterocycles. The molecule has 0 radical (unpaired) electrons. The van der Waals surface area contributed by atoms with Gasteiger partial charge >= 0.3 is 0 Å². The molecule has 2 saturated heterocycles. The van der Waals surface area contributed by atoms with E-state index in [2.05, 4.69) is 24.5 Å². The van der Waals surface area contributed by atoms with Gasteiger partial charge in [0.2, 0.25) is 16.0 Å². The van der Waals surface area contributed by atoms with Gasteiger partial charge in [-0.2, -0.15) is 9.29 Å². The fraction of sp³-hybridized carbons (Fsp3) is 0.588. The molecule has 0 N–H and O–H groups in total. The molecular formula is C17H24N6O3S. The molecule has 0 unspecified atom stereocenters. The summed E-state index contributed by atoms with van der Waals surface area (Å²) in [6.07, 6.45) is 6.01. The molecule has 0 bridgehead atoms. The molecule has 2 fully saturated rings. The van der Waals surface area contributed by atoms with Gasteiger partial charge in [0.15, 0.2) is 0 Å². The largest absolute Gasteiger partial charge is 0.363 e. The summed E-state index contributed by atoms with van der Waals surface area (Å²) in [6, 6.07) is 1.97. The van der Waals surface area contributed by atoms with E-state index >= 15 is 0 Å². The number of rotatable bonds is 4. The zero-order valence-corrected chi connectivity index (χ0v) is 16.2. The topological polar surface area (TPSA) is 95.7 Å². The average molecular weight is 392 g/mol. The van der Waals surface area contributed by atoms with Crippen molar-refractivity contribution in [3.63, 3.8) is 0 Å². The maximum Gasteiger partial charge on any atom is 0.248 e. The maximum absolute atomic E-state index is 12.6. The van der Waals surface area contributed by atoms with Crippen LogP contribution in [0.25, 0.3) is 0 Å². The van der Waals surface area contributed by atoms with Crippen LogP contribution in [0.3, 0.4) is 0 Å². The zero-order valence-electron chi connectivity index (χ0n) is 15.4. The molecular weight excluding hydrogens is 368 g/mol. The molecule has 2 aliphatic heterocycles. The minimum atomic E-state index is -3.55. The van der Waals surface area contributed by atoms with Crippen LogP contribution in [0, 0.1) is 6.92 Å². The number of hydrogen-bond donors (Lipinski definition) is 0. The van der Waals surface area contributed by atoms with E-state index in [0.29, 0.717) is 26.2 Å². The number of hydrogen-bond acceptors (Lipinski definition) is 8. The lowest BCUT2D eigenvalue weighted by atomic mass is 10.1. The van der Waals surface area contributed by atoms with Crippen LogP contribution in [0.5, 0.6) is 0 Å². The van der Waals surface area contributed by atoms with Gasteiger partial charge in [-0.15, -0.1) is 0 Å². The van der Waals surface area contributed by atoms with Crippen LogP contribution in [0.1, 0.15) is 25.0 Å². The van der Waals surface area contributed by atoms with Crippen molar-refractivity contribution >= 4 is 21.8 Å². The molecule has 0 spiro atoms. The van der Waals surface area contributed by atoms with E-state index in [9.17, 15) is 8.42 Å². The number of aryl methyl sites for hydroxylation is 1. The third kappa shape index (κ3) is 3.77. The summed E-state index contributed by atoms with van der Waals surface area (Å²) in [4.78, 5) is 13.8. The number of anilines is 2. The Hall–Kier alpha value is -2.20. The van der Waals surface area contributed by atoms with Crippen molar-refractivity contribution in [2.45, 2.75) is 31.1 Å². The second-order valence-corrected chi connectivity index (χ2v) is 8.90. The number of piperazine rings is 1. The third-order valence-electron chi connectivity index (χ3n) is 5.08. The van der Waals surface area contributed by atoms with E-state index in [1.54, 1.807) is 0 Å². The predicted molar refractivity (Wildman–Crippen MR) is 100 cm³/mol. The zero-order chi connectivity index (χ0) is 18.9.